The number of oxime groups is 1. The third-order valence-electron chi connectivity index (χ3n) is 3.43. The van der Waals surface area contributed by atoms with Gasteiger partial charge in [-0.1, -0.05) is 5.16 Å². The van der Waals surface area contributed by atoms with Gasteiger partial charge >= 0.3 is 0 Å². The maximum atomic E-state index is 13.7. The summed E-state index contributed by atoms with van der Waals surface area (Å²) in [6, 6.07) is 2.31. The van der Waals surface area contributed by atoms with Crippen LogP contribution in [0.25, 0.3) is 0 Å². The van der Waals surface area contributed by atoms with Crippen molar-refractivity contribution >= 4 is 15.9 Å². The van der Waals surface area contributed by atoms with E-state index >= 15 is 0 Å². The van der Waals surface area contributed by atoms with Crippen LogP contribution in [-0.4, -0.2) is 36.9 Å². The van der Waals surface area contributed by atoms with Gasteiger partial charge in [0.25, 0.3) is 0 Å². The smallest absolute Gasteiger partial charge is 0.246 e. The van der Waals surface area contributed by atoms with Gasteiger partial charge < -0.3 is 10.9 Å². The Morgan fingerprint density at radius 3 is 2.76 bits per heavy atom. The summed E-state index contributed by atoms with van der Waals surface area (Å²) in [7, 11) is -4.08. The number of hydrogen-bond donors (Lipinski definition) is 2. The number of sulfonamides is 1. The molecule has 0 bridgehead atoms. The minimum Gasteiger partial charge on any atom is -0.409 e. The number of piperidine rings is 1. The number of nitrogens with zero attached hydrogens (tertiary/aromatic N) is 2. The number of rotatable bonds is 3. The van der Waals surface area contributed by atoms with E-state index in [0.717, 1.165) is 16.4 Å². The van der Waals surface area contributed by atoms with E-state index in [1.54, 1.807) is 0 Å². The lowest BCUT2D eigenvalue weighted by molar-refractivity contribution is 0.286. The van der Waals surface area contributed by atoms with Crippen LogP contribution >= 0.6 is 0 Å². The molecule has 6 nitrogen and oxygen atoms in total. The van der Waals surface area contributed by atoms with Crippen LogP contribution in [0.1, 0.15) is 12.8 Å². The Morgan fingerprint density at radius 2 is 2.14 bits per heavy atom. The van der Waals surface area contributed by atoms with Crippen LogP contribution in [0.2, 0.25) is 0 Å². The summed E-state index contributed by atoms with van der Waals surface area (Å²) >= 11 is 0. The fourth-order valence-corrected chi connectivity index (χ4v) is 3.88. The minimum atomic E-state index is -4.08. The predicted molar refractivity (Wildman–Crippen MR) is 71.2 cm³/mol. The summed E-state index contributed by atoms with van der Waals surface area (Å²) in [4.78, 5) is -0.580. The van der Waals surface area contributed by atoms with Gasteiger partial charge in [-0.3, -0.25) is 0 Å². The lowest BCUT2D eigenvalue weighted by atomic mass is 9.99. The first-order chi connectivity index (χ1) is 9.86. The van der Waals surface area contributed by atoms with Gasteiger partial charge in [0.15, 0.2) is 0 Å². The summed E-state index contributed by atoms with van der Waals surface area (Å²) in [6.45, 7) is 0.198. The molecule has 9 heteroatoms. The Morgan fingerprint density at radius 1 is 1.43 bits per heavy atom. The molecule has 1 aliphatic heterocycles. The molecule has 1 heterocycles. The third-order valence-corrected chi connectivity index (χ3v) is 5.33. The second-order valence-corrected chi connectivity index (χ2v) is 6.71. The summed E-state index contributed by atoms with van der Waals surface area (Å²) in [5.41, 5.74) is 5.50. The molecule has 1 fully saturated rings. The lowest BCUT2D eigenvalue weighted by Gasteiger charge is -2.31. The molecule has 0 amide bonds. The maximum Gasteiger partial charge on any atom is 0.246 e. The lowest BCUT2D eigenvalue weighted by Crippen LogP contribution is -2.44. The minimum absolute atomic E-state index is 0.00492. The van der Waals surface area contributed by atoms with Crippen molar-refractivity contribution in [1.29, 1.82) is 0 Å². The van der Waals surface area contributed by atoms with Crippen LogP contribution < -0.4 is 5.73 Å². The number of benzene rings is 1. The van der Waals surface area contributed by atoms with Crippen LogP contribution in [0.15, 0.2) is 28.3 Å². The summed E-state index contributed by atoms with van der Waals surface area (Å²) in [6.07, 6.45) is 1.08. The number of halogens is 2. The van der Waals surface area contributed by atoms with Crippen LogP contribution in [-0.2, 0) is 10.0 Å². The zero-order chi connectivity index (χ0) is 15.6. The Hall–Kier alpha value is -1.74. The van der Waals surface area contributed by atoms with Gasteiger partial charge in [0.2, 0.25) is 10.0 Å². The molecule has 0 saturated carbocycles. The largest absolute Gasteiger partial charge is 0.409 e. The molecule has 116 valence electrons. The van der Waals surface area contributed by atoms with E-state index in [1.807, 2.05) is 0 Å². The molecule has 0 spiro atoms. The molecule has 21 heavy (non-hydrogen) atoms. The first-order valence-electron chi connectivity index (χ1n) is 6.29. The van der Waals surface area contributed by atoms with Crippen LogP contribution in [0.4, 0.5) is 8.78 Å². The first-order valence-corrected chi connectivity index (χ1v) is 7.73. The normalized spacial score (nSPS) is 21.4. The zero-order valence-electron chi connectivity index (χ0n) is 11.0. The fourth-order valence-electron chi connectivity index (χ4n) is 2.31. The van der Waals surface area contributed by atoms with Crippen molar-refractivity contribution in [2.75, 3.05) is 13.1 Å². The predicted octanol–water partition coefficient (Wildman–Crippen LogP) is 1.11. The number of hydrogen-bond acceptors (Lipinski definition) is 4. The molecule has 1 atom stereocenters. The maximum absolute atomic E-state index is 13.7. The molecule has 1 aliphatic rings. The van der Waals surface area contributed by atoms with Gasteiger partial charge in [-0.2, -0.15) is 4.31 Å². The van der Waals surface area contributed by atoms with Crippen molar-refractivity contribution in [3.8, 4) is 0 Å². The highest BCUT2D eigenvalue weighted by Crippen LogP contribution is 2.25. The zero-order valence-corrected chi connectivity index (χ0v) is 11.9. The van der Waals surface area contributed by atoms with Gasteiger partial charge in [0.05, 0.1) is 0 Å². The van der Waals surface area contributed by atoms with Crippen molar-refractivity contribution < 1.29 is 22.4 Å². The van der Waals surface area contributed by atoms with Gasteiger partial charge in [0, 0.05) is 25.1 Å². The van der Waals surface area contributed by atoms with Crippen LogP contribution in [0.3, 0.4) is 0 Å². The van der Waals surface area contributed by atoms with E-state index in [4.69, 9.17) is 10.9 Å². The van der Waals surface area contributed by atoms with E-state index in [0.29, 0.717) is 18.9 Å². The molecule has 0 aromatic heterocycles. The Labute approximate surface area is 120 Å². The van der Waals surface area contributed by atoms with Crippen molar-refractivity contribution in [3.05, 3.63) is 29.8 Å². The molecule has 1 unspecified atom stereocenters. The van der Waals surface area contributed by atoms with Crippen molar-refractivity contribution in [1.82, 2.24) is 4.31 Å². The molecule has 1 aromatic carbocycles. The monoisotopic (exact) mass is 319 g/mol. The van der Waals surface area contributed by atoms with E-state index in [-0.39, 0.29) is 18.9 Å². The summed E-state index contributed by atoms with van der Waals surface area (Å²) < 4.78 is 52.4. The van der Waals surface area contributed by atoms with Gasteiger partial charge in [-0.05, 0) is 25.0 Å². The molecule has 1 saturated heterocycles. The topological polar surface area (TPSA) is 96.0 Å². The molecule has 3 N–H and O–H groups in total. The molecular formula is C12H15F2N3O3S. The Bertz CT molecular complexity index is 664. The Balaban J connectivity index is 2.31. The fraction of sp³-hybridized carbons (Fsp3) is 0.417. The van der Waals surface area contributed by atoms with Gasteiger partial charge in [0.1, 0.15) is 22.4 Å². The van der Waals surface area contributed by atoms with E-state index in [1.165, 1.54) is 0 Å². The quantitative estimate of drug-likeness (QED) is 0.377. The molecule has 0 aliphatic carbocycles. The molecule has 1 aromatic rings. The highest BCUT2D eigenvalue weighted by molar-refractivity contribution is 7.89. The molecule has 2 rings (SSSR count). The second kappa shape index (κ2) is 5.94. The average molecular weight is 319 g/mol. The Kier molecular flexibility index (Phi) is 4.43. The van der Waals surface area contributed by atoms with Crippen molar-refractivity contribution in [2.24, 2.45) is 16.8 Å². The van der Waals surface area contributed by atoms with Crippen LogP contribution in [0, 0.1) is 17.6 Å². The van der Waals surface area contributed by atoms with Crippen molar-refractivity contribution in [2.45, 2.75) is 17.7 Å². The first kappa shape index (κ1) is 15.6. The van der Waals surface area contributed by atoms with E-state index in [9.17, 15) is 17.2 Å². The second-order valence-electron chi connectivity index (χ2n) is 4.80. The highest BCUT2D eigenvalue weighted by atomic mass is 32.2. The summed E-state index contributed by atoms with van der Waals surface area (Å²) in [5, 5.41) is 11.5. The van der Waals surface area contributed by atoms with E-state index in [2.05, 4.69) is 5.16 Å². The van der Waals surface area contributed by atoms with Crippen molar-refractivity contribution in [3.63, 3.8) is 0 Å². The van der Waals surface area contributed by atoms with Gasteiger partial charge in [-0.15, -0.1) is 0 Å². The van der Waals surface area contributed by atoms with Gasteiger partial charge in [-0.25, -0.2) is 17.2 Å². The summed E-state index contributed by atoms with van der Waals surface area (Å²) in [5.74, 6) is -2.47. The number of amidine groups is 1. The average Bonchev–Trinajstić information content (AvgIpc) is 2.46. The standard InChI is InChI=1S/C12H15F2N3O3S/c13-9-3-4-11(10(14)6-9)21(19,20)17-5-1-2-8(7-17)12(15)16-18/h3-4,6,8,18H,1-2,5,7H2,(H2,15,16). The van der Waals surface area contributed by atoms with Crippen LogP contribution in [0.5, 0.6) is 0 Å². The SMILES string of the molecule is NC(=NO)C1CCCN(S(=O)(=O)c2ccc(F)cc2F)C1. The van der Waals surface area contributed by atoms with E-state index < -0.39 is 32.5 Å². The molecule has 0 radical (unpaired) electrons. The molecular weight excluding hydrogens is 304 g/mol. The number of nitrogens with two attached hydrogens (primary N) is 1. The highest BCUT2D eigenvalue weighted by Gasteiger charge is 2.33. The third kappa shape index (κ3) is 3.13.